The average molecular weight is 416 g/mol. The number of carbonyl (C=O) groups is 3. The molecule has 1 saturated heterocycles. The first kappa shape index (κ1) is 22.3. The molecule has 1 aromatic carbocycles. The molecule has 0 N–H and O–H groups in total. The number of hydrogen-bond donors (Lipinski definition) is 0. The molecule has 6 heteroatoms. The number of esters is 1. The first-order valence-corrected chi connectivity index (χ1v) is 11.2. The van der Waals surface area contributed by atoms with Crippen molar-refractivity contribution in [3.63, 3.8) is 0 Å². The highest BCUT2D eigenvalue weighted by Crippen LogP contribution is 2.32. The number of ether oxygens (including phenoxy) is 2. The molecule has 30 heavy (non-hydrogen) atoms. The van der Waals surface area contributed by atoms with Gasteiger partial charge in [0.15, 0.2) is 12.4 Å². The van der Waals surface area contributed by atoms with Crippen molar-refractivity contribution < 1.29 is 23.9 Å². The molecule has 0 spiro atoms. The van der Waals surface area contributed by atoms with E-state index in [-0.39, 0.29) is 18.3 Å². The number of benzene rings is 1. The van der Waals surface area contributed by atoms with Gasteiger partial charge in [-0.3, -0.25) is 9.69 Å². The van der Waals surface area contributed by atoms with Crippen molar-refractivity contribution >= 4 is 17.8 Å². The van der Waals surface area contributed by atoms with Gasteiger partial charge in [0, 0.05) is 12.1 Å². The van der Waals surface area contributed by atoms with Gasteiger partial charge in [-0.15, -0.1) is 0 Å². The molecule has 1 aromatic rings. The van der Waals surface area contributed by atoms with Crippen molar-refractivity contribution in [3.8, 4) is 0 Å². The summed E-state index contributed by atoms with van der Waals surface area (Å²) in [6, 6.07) is 7.02. The van der Waals surface area contributed by atoms with Crippen LogP contribution < -0.4 is 0 Å². The molecule has 1 aliphatic heterocycles. The van der Waals surface area contributed by atoms with E-state index >= 15 is 0 Å². The van der Waals surface area contributed by atoms with Crippen molar-refractivity contribution in [2.75, 3.05) is 19.8 Å². The molecule has 2 aliphatic rings. The number of likely N-dealkylation sites (tertiary alicyclic amines) is 1. The van der Waals surface area contributed by atoms with Crippen molar-refractivity contribution in [3.05, 3.63) is 35.4 Å². The van der Waals surface area contributed by atoms with Crippen LogP contribution in [0.1, 0.15) is 80.6 Å². The minimum absolute atomic E-state index is 0.226. The maximum Gasteiger partial charge on any atom is 0.410 e. The SMILES string of the molecule is CC(C)COC(=O)N1CCC[C@@H]1C(=O)OCC(=O)c1ccc(C2CCCCC2)cc1. The Hall–Kier alpha value is -2.37. The maximum atomic E-state index is 12.5. The summed E-state index contributed by atoms with van der Waals surface area (Å²) in [4.78, 5) is 38.6. The highest BCUT2D eigenvalue weighted by molar-refractivity contribution is 5.98. The maximum absolute atomic E-state index is 12.5. The predicted molar refractivity (Wildman–Crippen MR) is 113 cm³/mol. The molecule has 0 unspecified atom stereocenters. The van der Waals surface area contributed by atoms with Crippen LogP contribution in [0.3, 0.4) is 0 Å². The van der Waals surface area contributed by atoms with Crippen LogP contribution in [0.25, 0.3) is 0 Å². The zero-order chi connectivity index (χ0) is 21.5. The van der Waals surface area contributed by atoms with E-state index in [1.807, 2.05) is 38.1 Å². The number of ketones is 1. The summed E-state index contributed by atoms with van der Waals surface area (Å²) < 4.78 is 10.5. The molecule has 0 bridgehead atoms. The van der Waals surface area contributed by atoms with E-state index in [1.54, 1.807) is 0 Å². The smallest absolute Gasteiger partial charge is 0.410 e. The summed E-state index contributed by atoms with van der Waals surface area (Å²) in [5, 5.41) is 0. The first-order valence-electron chi connectivity index (χ1n) is 11.2. The van der Waals surface area contributed by atoms with Gasteiger partial charge < -0.3 is 9.47 Å². The minimum atomic E-state index is -0.675. The number of nitrogens with zero attached hydrogens (tertiary/aromatic N) is 1. The summed E-state index contributed by atoms with van der Waals surface area (Å²) in [6.45, 7) is 4.37. The topological polar surface area (TPSA) is 72.9 Å². The molecule has 0 aromatic heterocycles. The van der Waals surface area contributed by atoms with Crippen LogP contribution in [0.15, 0.2) is 24.3 Å². The van der Waals surface area contributed by atoms with Gasteiger partial charge in [0.1, 0.15) is 6.04 Å². The van der Waals surface area contributed by atoms with E-state index < -0.39 is 18.1 Å². The Balaban J connectivity index is 1.49. The first-order chi connectivity index (χ1) is 14.5. The second-order valence-corrected chi connectivity index (χ2v) is 8.81. The van der Waals surface area contributed by atoms with E-state index in [2.05, 4.69) is 0 Å². The standard InChI is InChI=1S/C24H33NO5/c1-17(2)15-30-24(28)25-14-6-9-21(25)23(27)29-16-22(26)20-12-10-19(11-13-20)18-7-4-3-5-8-18/h10-13,17-18,21H,3-9,14-16H2,1-2H3/t21-/m1/s1. The van der Waals surface area contributed by atoms with Crippen LogP contribution in [0.2, 0.25) is 0 Å². The molecule has 1 heterocycles. The lowest BCUT2D eigenvalue weighted by Crippen LogP contribution is -2.42. The monoisotopic (exact) mass is 415 g/mol. The fraction of sp³-hybridized carbons (Fsp3) is 0.625. The van der Waals surface area contributed by atoms with Crippen molar-refractivity contribution in [2.24, 2.45) is 5.92 Å². The van der Waals surface area contributed by atoms with Crippen LogP contribution in [0, 0.1) is 5.92 Å². The highest BCUT2D eigenvalue weighted by atomic mass is 16.6. The average Bonchev–Trinajstić information content (AvgIpc) is 3.26. The Bertz CT molecular complexity index is 736. The second kappa shape index (κ2) is 10.6. The normalized spacial score (nSPS) is 19.7. The van der Waals surface area contributed by atoms with Gasteiger partial charge in [0.05, 0.1) is 6.61 Å². The quantitative estimate of drug-likeness (QED) is 0.476. The van der Waals surface area contributed by atoms with E-state index in [9.17, 15) is 14.4 Å². The third-order valence-corrected chi connectivity index (χ3v) is 5.95. The highest BCUT2D eigenvalue weighted by Gasteiger charge is 2.36. The molecule has 1 aliphatic carbocycles. The van der Waals surface area contributed by atoms with Gasteiger partial charge >= 0.3 is 12.1 Å². The number of rotatable bonds is 7. The molecule has 1 atom stereocenters. The van der Waals surface area contributed by atoms with Gasteiger partial charge in [-0.05, 0) is 43.1 Å². The Labute approximate surface area is 178 Å². The van der Waals surface area contributed by atoms with Crippen molar-refractivity contribution in [2.45, 2.75) is 70.8 Å². The molecule has 1 saturated carbocycles. The summed E-state index contributed by atoms with van der Waals surface area (Å²) in [5.74, 6) is 0.0419. The van der Waals surface area contributed by atoms with Gasteiger partial charge in [-0.25, -0.2) is 9.59 Å². The lowest BCUT2D eigenvalue weighted by Gasteiger charge is -2.23. The van der Waals surface area contributed by atoms with Crippen LogP contribution in [-0.2, 0) is 14.3 Å². The predicted octanol–water partition coefficient (Wildman–Crippen LogP) is 4.72. The molecular weight excluding hydrogens is 382 g/mol. The van der Waals surface area contributed by atoms with E-state index in [4.69, 9.17) is 9.47 Å². The fourth-order valence-corrected chi connectivity index (χ4v) is 4.24. The molecule has 3 rings (SSSR count). The third kappa shape index (κ3) is 5.83. The number of carbonyl (C=O) groups excluding carboxylic acids is 3. The third-order valence-electron chi connectivity index (χ3n) is 5.95. The van der Waals surface area contributed by atoms with Gasteiger partial charge in [0.2, 0.25) is 0 Å². The van der Waals surface area contributed by atoms with Crippen LogP contribution in [-0.4, -0.2) is 48.5 Å². The lowest BCUT2D eigenvalue weighted by molar-refractivity contribution is -0.147. The Morgan fingerprint density at radius 1 is 0.967 bits per heavy atom. The molecule has 0 radical (unpaired) electrons. The lowest BCUT2D eigenvalue weighted by atomic mass is 9.84. The second-order valence-electron chi connectivity index (χ2n) is 8.81. The zero-order valence-corrected chi connectivity index (χ0v) is 18.1. The fourth-order valence-electron chi connectivity index (χ4n) is 4.24. The molecule has 2 fully saturated rings. The Morgan fingerprint density at radius 2 is 1.67 bits per heavy atom. The van der Waals surface area contributed by atoms with Crippen LogP contribution >= 0.6 is 0 Å². The summed E-state index contributed by atoms with van der Waals surface area (Å²) in [7, 11) is 0. The van der Waals surface area contributed by atoms with Gasteiger partial charge in [-0.2, -0.15) is 0 Å². The van der Waals surface area contributed by atoms with Crippen molar-refractivity contribution in [1.29, 1.82) is 0 Å². The number of hydrogen-bond acceptors (Lipinski definition) is 5. The summed E-state index contributed by atoms with van der Waals surface area (Å²) in [6.07, 6.45) is 7.02. The van der Waals surface area contributed by atoms with Crippen LogP contribution in [0.5, 0.6) is 0 Å². The summed E-state index contributed by atoms with van der Waals surface area (Å²) in [5.41, 5.74) is 1.83. The van der Waals surface area contributed by atoms with Gasteiger partial charge in [0.25, 0.3) is 0 Å². The largest absolute Gasteiger partial charge is 0.456 e. The Morgan fingerprint density at radius 3 is 2.33 bits per heavy atom. The van der Waals surface area contributed by atoms with E-state index in [1.165, 1.54) is 42.6 Å². The van der Waals surface area contributed by atoms with E-state index in [0.29, 0.717) is 37.5 Å². The minimum Gasteiger partial charge on any atom is -0.456 e. The molecular formula is C24H33NO5. The van der Waals surface area contributed by atoms with E-state index in [0.717, 1.165) is 0 Å². The number of Topliss-reactive ketones (excluding diaryl/α,β-unsaturated/α-hetero) is 1. The van der Waals surface area contributed by atoms with Crippen molar-refractivity contribution in [1.82, 2.24) is 4.90 Å². The van der Waals surface area contributed by atoms with Gasteiger partial charge in [-0.1, -0.05) is 57.4 Å². The molecule has 1 amide bonds. The summed E-state index contributed by atoms with van der Waals surface area (Å²) >= 11 is 0. The zero-order valence-electron chi connectivity index (χ0n) is 18.1. The van der Waals surface area contributed by atoms with Crippen LogP contribution in [0.4, 0.5) is 4.79 Å². The number of amides is 1. The molecule has 6 nitrogen and oxygen atoms in total. The Kier molecular flexibility index (Phi) is 7.88. The molecule has 164 valence electrons.